The molecule has 1 aliphatic carbocycles. The van der Waals surface area contributed by atoms with Crippen LogP contribution in [-0.4, -0.2) is 65.3 Å². The summed E-state index contributed by atoms with van der Waals surface area (Å²) in [7, 11) is -4.89. The summed E-state index contributed by atoms with van der Waals surface area (Å²) in [4.78, 5) is 37.1. The molecule has 0 spiro atoms. The largest absolute Gasteiger partial charge is 0.418 e. The number of hydrogen-bond donors (Lipinski definition) is 3. The van der Waals surface area contributed by atoms with Crippen LogP contribution in [0.25, 0.3) is 0 Å². The van der Waals surface area contributed by atoms with E-state index in [1.54, 1.807) is 0 Å². The number of amides is 4. The summed E-state index contributed by atoms with van der Waals surface area (Å²) in [6.07, 6.45) is -0.803. The topological polar surface area (TPSA) is 145 Å². The van der Waals surface area contributed by atoms with Gasteiger partial charge in [-0.15, -0.1) is 4.28 Å². The smallest absolute Gasteiger partial charge is 0.309 e. The van der Waals surface area contributed by atoms with E-state index in [1.165, 1.54) is 0 Å². The zero-order chi connectivity index (χ0) is 19.3. The van der Waals surface area contributed by atoms with E-state index in [0.717, 1.165) is 4.90 Å². The van der Waals surface area contributed by atoms with E-state index in [0.29, 0.717) is 5.06 Å². The maximum Gasteiger partial charge on any atom is 0.418 e. The van der Waals surface area contributed by atoms with Crippen LogP contribution in [0, 0.1) is 5.92 Å². The fraction of sp³-hybridized carbons (Fsp3) is 0.750. The van der Waals surface area contributed by atoms with Crippen molar-refractivity contribution in [1.82, 2.24) is 20.8 Å². The highest BCUT2D eigenvalue weighted by Crippen LogP contribution is 2.42. The molecule has 0 aromatic carbocycles. The molecular weight excluding hydrogens is 382 g/mol. The molecule has 0 unspecified atom stereocenters. The molecule has 3 N–H and O–H groups in total. The highest BCUT2D eigenvalue weighted by atomic mass is 32.3. The van der Waals surface area contributed by atoms with Gasteiger partial charge in [-0.2, -0.15) is 13.5 Å². The first kappa shape index (κ1) is 18.7. The average Bonchev–Trinajstić information content (AvgIpc) is 2.73. The summed E-state index contributed by atoms with van der Waals surface area (Å²) in [5.74, 6) is -5.26. The number of piperidine rings is 1. The predicted molar refractivity (Wildman–Crippen MR) is 77.3 cm³/mol. The van der Waals surface area contributed by atoms with Crippen molar-refractivity contribution in [2.45, 2.75) is 43.7 Å². The van der Waals surface area contributed by atoms with E-state index in [4.69, 9.17) is 4.55 Å². The van der Waals surface area contributed by atoms with Crippen LogP contribution >= 0.6 is 0 Å². The van der Waals surface area contributed by atoms with Gasteiger partial charge in [-0.3, -0.25) is 25.0 Å². The molecule has 3 fully saturated rings. The Hall–Kier alpha value is -2.06. The van der Waals surface area contributed by atoms with Gasteiger partial charge < -0.3 is 4.90 Å². The molecule has 14 heteroatoms. The van der Waals surface area contributed by atoms with Crippen molar-refractivity contribution in [3.8, 4) is 0 Å². The van der Waals surface area contributed by atoms with Crippen molar-refractivity contribution >= 4 is 28.2 Å². The number of fused-ring (bicyclic) bond motifs is 2. The van der Waals surface area contributed by atoms with E-state index in [-0.39, 0.29) is 19.4 Å². The molecule has 0 aromatic heterocycles. The molecule has 4 amide bonds. The van der Waals surface area contributed by atoms with Gasteiger partial charge in [-0.05, 0) is 12.8 Å². The lowest BCUT2D eigenvalue weighted by molar-refractivity contribution is -0.152. The van der Waals surface area contributed by atoms with Crippen LogP contribution in [0.5, 0.6) is 0 Å². The first-order valence-corrected chi connectivity index (χ1v) is 9.08. The lowest BCUT2D eigenvalue weighted by Gasteiger charge is -2.34. The number of rotatable bonds is 4. The lowest BCUT2D eigenvalue weighted by atomic mass is 9.81. The van der Waals surface area contributed by atoms with Gasteiger partial charge in [0.05, 0.1) is 12.0 Å². The van der Waals surface area contributed by atoms with Crippen molar-refractivity contribution in [1.29, 1.82) is 0 Å². The summed E-state index contributed by atoms with van der Waals surface area (Å²) >= 11 is 0. The second-order valence-electron chi connectivity index (χ2n) is 6.45. The minimum atomic E-state index is -4.89. The molecule has 26 heavy (non-hydrogen) atoms. The minimum absolute atomic E-state index is 0.00473. The minimum Gasteiger partial charge on any atom is -0.309 e. The van der Waals surface area contributed by atoms with Gasteiger partial charge in [0, 0.05) is 19.4 Å². The number of hydrogen-bond acceptors (Lipinski definition) is 6. The van der Waals surface area contributed by atoms with Gasteiger partial charge in [-0.25, -0.2) is 13.6 Å². The third kappa shape index (κ3) is 3.71. The van der Waals surface area contributed by atoms with Gasteiger partial charge in [-0.1, -0.05) is 0 Å². The Kier molecular flexibility index (Phi) is 4.52. The third-order valence-corrected chi connectivity index (χ3v) is 4.92. The summed E-state index contributed by atoms with van der Waals surface area (Å²) in [6.45, 7) is -0.00473. The molecular formula is C12H16F2N4O7S. The third-order valence-electron chi connectivity index (χ3n) is 4.57. The number of carbonyl (C=O) groups excluding carboxylic acids is 3. The van der Waals surface area contributed by atoms with Gasteiger partial charge in [0.2, 0.25) is 11.8 Å². The quantitative estimate of drug-likeness (QED) is 0.414. The molecule has 146 valence electrons. The Labute approximate surface area is 146 Å². The Morgan fingerprint density at radius 3 is 2.38 bits per heavy atom. The predicted octanol–water partition coefficient (Wildman–Crippen LogP) is -0.818. The van der Waals surface area contributed by atoms with Crippen LogP contribution in [0.1, 0.15) is 25.7 Å². The molecule has 3 rings (SSSR count). The number of nitrogens with one attached hydrogen (secondary N) is 2. The first-order chi connectivity index (χ1) is 12.0. The molecule has 2 aliphatic heterocycles. The van der Waals surface area contributed by atoms with Crippen molar-refractivity contribution in [2.24, 2.45) is 5.92 Å². The number of hydrazine groups is 1. The molecule has 2 bridgehead atoms. The molecule has 2 heterocycles. The zero-order valence-corrected chi connectivity index (χ0v) is 14.0. The van der Waals surface area contributed by atoms with Gasteiger partial charge in [0.15, 0.2) is 0 Å². The average molecular weight is 398 g/mol. The van der Waals surface area contributed by atoms with E-state index >= 15 is 0 Å². The van der Waals surface area contributed by atoms with Crippen LogP contribution in [-0.2, 0) is 24.3 Å². The van der Waals surface area contributed by atoms with Crippen LogP contribution in [0.4, 0.5) is 13.6 Å². The maximum absolute atomic E-state index is 12.7. The van der Waals surface area contributed by atoms with Gasteiger partial charge in [0.25, 0.3) is 5.91 Å². The fourth-order valence-corrected chi connectivity index (χ4v) is 3.65. The summed E-state index contributed by atoms with van der Waals surface area (Å²) in [6, 6.07) is -2.58. The Bertz CT molecular complexity index is 738. The molecule has 0 radical (unpaired) electrons. The van der Waals surface area contributed by atoms with Gasteiger partial charge >= 0.3 is 16.4 Å². The monoisotopic (exact) mass is 398 g/mol. The molecule has 0 aromatic rings. The zero-order valence-electron chi connectivity index (χ0n) is 13.2. The summed E-state index contributed by atoms with van der Waals surface area (Å²) in [5.41, 5.74) is 4.14. The summed E-state index contributed by atoms with van der Waals surface area (Å²) < 4.78 is 60.0. The Morgan fingerprint density at radius 2 is 1.81 bits per heavy atom. The molecule has 11 nitrogen and oxygen atoms in total. The molecule has 1 saturated carbocycles. The fourth-order valence-electron chi connectivity index (χ4n) is 3.26. The number of halogens is 2. The van der Waals surface area contributed by atoms with E-state index in [2.05, 4.69) is 15.1 Å². The van der Waals surface area contributed by atoms with Crippen LogP contribution < -0.4 is 10.9 Å². The second kappa shape index (κ2) is 6.28. The lowest BCUT2D eigenvalue weighted by Crippen LogP contribution is -2.56. The van der Waals surface area contributed by atoms with Crippen molar-refractivity contribution in [3.63, 3.8) is 0 Å². The Balaban J connectivity index is 1.55. The van der Waals surface area contributed by atoms with Gasteiger partial charge in [0.1, 0.15) is 6.04 Å². The Morgan fingerprint density at radius 1 is 1.19 bits per heavy atom. The highest BCUT2D eigenvalue weighted by Gasteiger charge is 2.50. The van der Waals surface area contributed by atoms with Crippen LogP contribution in [0.15, 0.2) is 0 Å². The maximum atomic E-state index is 12.7. The second-order valence-corrected chi connectivity index (χ2v) is 7.45. The normalized spacial score (nSPS) is 27.9. The van der Waals surface area contributed by atoms with Crippen LogP contribution in [0.2, 0.25) is 0 Å². The SMILES string of the molecule is O=C(NNC(=O)[C@H]1CC[C@H]2CN1C(=O)N2OS(=O)(=O)O)C1CC(F)(F)C1. The highest BCUT2D eigenvalue weighted by molar-refractivity contribution is 7.80. The number of hydroxylamine groups is 2. The van der Waals surface area contributed by atoms with E-state index < -0.39 is 65.0 Å². The van der Waals surface area contributed by atoms with Crippen molar-refractivity contribution in [2.75, 3.05) is 6.54 Å². The van der Waals surface area contributed by atoms with Crippen molar-refractivity contribution in [3.05, 3.63) is 0 Å². The first-order valence-electron chi connectivity index (χ1n) is 7.71. The molecule has 3 aliphatic rings. The van der Waals surface area contributed by atoms with E-state index in [9.17, 15) is 31.6 Å². The number of nitrogens with zero attached hydrogens (tertiary/aromatic N) is 2. The summed E-state index contributed by atoms with van der Waals surface area (Å²) in [5, 5.41) is 0.484. The van der Waals surface area contributed by atoms with Crippen molar-refractivity contribution < 1.29 is 40.4 Å². The van der Waals surface area contributed by atoms with Crippen LogP contribution in [0.3, 0.4) is 0 Å². The standard InChI is InChI=1S/C12H16F2N4O7S/c13-12(14)3-6(4-12)9(19)15-16-10(20)8-2-1-7-5-17(8)11(21)18(7)25-26(22,23)24/h6-8H,1-5H2,(H,15,19)(H,16,20)(H,22,23,24)/t7-,8+/m0/s1. The molecule has 2 saturated heterocycles. The molecule has 2 atom stereocenters. The number of alkyl halides is 2. The number of carbonyl (C=O) groups is 3. The van der Waals surface area contributed by atoms with E-state index in [1.807, 2.05) is 0 Å². The number of urea groups is 1.